The van der Waals surface area contributed by atoms with Gasteiger partial charge < -0.3 is 20.4 Å². The van der Waals surface area contributed by atoms with Gasteiger partial charge in [-0.1, -0.05) is 30.3 Å². The standard InChI is InChI=1S/C26H25FN4O3/c27-20-10-11-22-23(16-20)31-24(30-22)12-14-28-26(33)19-8-6-18(7-9-19)17-29-25(32)13-15-34-21-4-2-1-3-5-21/h1-11,16H,12-15,17H2,(H,28,33)(H,29,32)(H,30,31). The summed E-state index contributed by atoms with van der Waals surface area (Å²) in [6.07, 6.45) is 0.760. The maximum atomic E-state index is 13.3. The molecular weight excluding hydrogens is 435 g/mol. The van der Waals surface area contributed by atoms with Crippen LogP contribution in [0.2, 0.25) is 0 Å². The minimum Gasteiger partial charge on any atom is -0.493 e. The summed E-state index contributed by atoms with van der Waals surface area (Å²) in [5.74, 6) is 0.788. The number of ether oxygens (including phenoxy) is 1. The average Bonchev–Trinajstić information content (AvgIpc) is 3.25. The number of benzene rings is 3. The van der Waals surface area contributed by atoms with Crippen LogP contribution < -0.4 is 15.4 Å². The van der Waals surface area contributed by atoms with Gasteiger partial charge in [-0.15, -0.1) is 0 Å². The lowest BCUT2D eigenvalue weighted by Gasteiger charge is -2.08. The molecule has 0 saturated heterocycles. The molecule has 0 atom stereocenters. The zero-order chi connectivity index (χ0) is 23.8. The van der Waals surface area contributed by atoms with Crippen molar-refractivity contribution in [3.05, 3.63) is 95.6 Å². The maximum absolute atomic E-state index is 13.3. The molecule has 2 amide bonds. The number of amides is 2. The first kappa shape index (κ1) is 23.0. The molecule has 4 aromatic rings. The van der Waals surface area contributed by atoms with E-state index in [0.717, 1.165) is 11.3 Å². The number of nitrogens with zero attached hydrogens (tertiary/aromatic N) is 1. The quantitative estimate of drug-likeness (QED) is 0.336. The van der Waals surface area contributed by atoms with Gasteiger partial charge in [0.2, 0.25) is 5.91 Å². The molecule has 0 spiro atoms. The van der Waals surface area contributed by atoms with Crippen molar-refractivity contribution in [1.82, 2.24) is 20.6 Å². The second-order valence-corrected chi connectivity index (χ2v) is 7.74. The molecule has 0 fully saturated rings. The number of aromatic amines is 1. The Morgan fingerprint density at radius 1 is 0.971 bits per heavy atom. The molecule has 0 aliphatic rings. The molecule has 4 rings (SSSR count). The van der Waals surface area contributed by atoms with E-state index in [9.17, 15) is 14.0 Å². The number of carbonyl (C=O) groups excluding carboxylic acids is 2. The summed E-state index contributed by atoms with van der Waals surface area (Å²) in [5, 5.41) is 5.70. The number of fused-ring (bicyclic) bond motifs is 1. The lowest BCUT2D eigenvalue weighted by atomic mass is 10.1. The van der Waals surface area contributed by atoms with Gasteiger partial charge in [0, 0.05) is 25.1 Å². The minimum absolute atomic E-state index is 0.105. The molecule has 1 aromatic heterocycles. The molecule has 0 saturated carbocycles. The molecule has 3 N–H and O–H groups in total. The molecule has 0 aliphatic heterocycles. The van der Waals surface area contributed by atoms with E-state index in [1.54, 1.807) is 18.2 Å². The van der Waals surface area contributed by atoms with Crippen LogP contribution in [0.5, 0.6) is 5.75 Å². The molecule has 0 bridgehead atoms. The van der Waals surface area contributed by atoms with E-state index in [2.05, 4.69) is 20.6 Å². The number of halogens is 1. The largest absolute Gasteiger partial charge is 0.493 e. The monoisotopic (exact) mass is 460 g/mol. The number of aromatic nitrogens is 2. The van der Waals surface area contributed by atoms with E-state index in [0.29, 0.717) is 48.5 Å². The SMILES string of the molecule is O=C(CCOc1ccccc1)NCc1ccc(C(=O)NCCc2nc3ccc(F)cc3[nH]2)cc1. The lowest BCUT2D eigenvalue weighted by molar-refractivity contribution is -0.121. The fourth-order valence-electron chi connectivity index (χ4n) is 3.39. The summed E-state index contributed by atoms with van der Waals surface area (Å²) in [4.78, 5) is 31.8. The van der Waals surface area contributed by atoms with Gasteiger partial charge in [0.1, 0.15) is 17.4 Å². The Labute approximate surface area is 196 Å². The first-order valence-electron chi connectivity index (χ1n) is 11.0. The van der Waals surface area contributed by atoms with Crippen LogP contribution in [-0.2, 0) is 17.8 Å². The molecular formula is C26H25FN4O3. The van der Waals surface area contributed by atoms with Gasteiger partial charge in [0.15, 0.2) is 0 Å². The predicted octanol–water partition coefficient (Wildman–Crippen LogP) is 3.76. The van der Waals surface area contributed by atoms with E-state index in [4.69, 9.17) is 4.74 Å². The van der Waals surface area contributed by atoms with Crippen molar-refractivity contribution < 1.29 is 18.7 Å². The van der Waals surface area contributed by atoms with E-state index in [1.807, 2.05) is 42.5 Å². The number of H-pyrrole nitrogens is 1. The molecule has 0 radical (unpaired) electrons. The Bertz CT molecular complexity index is 1260. The Morgan fingerprint density at radius 3 is 2.56 bits per heavy atom. The van der Waals surface area contributed by atoms with Crippen LogP contribution in [0.1, 0.15) is 28.2 Å². The number of rotatable bonds is 10. The van der Waals surface area contributed by atoms with E-state index in [1.165, 1.54) is 12.1 Å². The molecule has 0 unspecified atom stereocenters. The first-order valence-corrected chi connectivity index (χ1v) is 11.0. The minimum atomic E-state index is -0.323. The predicted molar refractivity (Wildman–Crippen MR) is 127 cm³/mol. The fraction of sp³-hybridized carbons (Fsp3) is 0.192. The second-order valence-electron chi connectivity index (χ2n) is 7.74. The van der Waals surface area contributed by atoms with Crippen LogP contribution in [0.15, 0.2) is 72.8 Å². The second kappa shape index (κ2) is 11.1. The molecule has 3 aromatic carbocycles. The van der Waals surface area contributed by atoms with Crippen LogP contribution >= 0.6 is 0 Å². The summed E-state index contributed by atoms with van der Waals surface area (Å²) in [6, 6.07) is 20.8. The van der Waals surface area contributed by atoms with Crippen molar-refractivity contribution in [2.24, 2.45) is 0 Å². The van der Waals surface area contributed by atoms with Crippen LogP contribution in [0.25, 0.3) is 11.0 Å². The summed E-state index contributed by atoms with van der Waals surface area (Å²) < 4.78 is 18.8. The zero-order valence-corrected chi connectivity index (χ0v) is 18.5. The van der Waals surface area contributed by atoms with Gasteiger partial charge in [0.25, 0.3) is 5.91 Å². The van der Waals surface area contributed by atoms with E-state index < -0.39 is 0 Å². The van der Waals surface area contributed by atoms with Crippen molar-refractivity contribution in [3.8, 4) is 5.75 Å². The smallest absolute Gasteiger partial charge is 0.251 e. The van der Waals surface area contributed by atoms with Crippen molar-refractivity contribution in [2.45, 2.75) is 19.4 Å². The highest BCUT2D eigenvalue weighted by Gasteiger charge is 2.08. The van der Waals surface area contributed by atoms with Gasteiger partial charge in [-0.3, -0.25) is 9.59 Å². The summed E-state index contributed by atoms with van der Waals surface area (Å²) in [7, 11) is 0. The van der Waals surface area contributed by atoms with Gasteiger partial charge in [-0.25, -0.2) is 9.37 Å². The summed E-state index contributed by atoms with van der Waals surface area (Å²) in [6.45, 7) is 1.07. The van der Waals surface area contributed by atoms with Crippen LogP contribution in [0.4, 0.5) is 4.39 Å². The Balaban J connectivity index is 1.17. The molecule has 174 valence electrons. The van der Waals surface area contributed by atoms with Crippen molar-refractivity contribution in [2.75, 3.05) is 13.2 Å². The van der Waals surface area contributed by atoms with E-state index in [-0.39, 0.29) is 24.1 Å². The maximum Gasteiger partial charge on any atom is 0.251 e. The third-order valence-corrected chi connectivity index (χ3v) is 5.19. The molecule has 7 nitrogen and oxygen atoms in total. The van der Waals surface area contributed by atoms with Crippen LogP contribution in [0.3, 0.4) is 0 Å². The Hall–Kier alpha value is -4.20. The topological polar surface area (TPSA) is 96.1 Å². The highest BCUT2D eigenvalue weighted by atomic mass is 19.1. The van der Waals surface area contributed by atoms with Gasteiger partial charge in [-0.05, 0) is 48.0 Å². The van der Waals surface area contributed by atoms with Gasteiger partial charge in [-0.2, -0.15) is 0 Å². The molecule has 8 heteroatoms. The number of nitrogens with one attached hydrogen (secondary N) is 3. The third kappa shape index (κ3) is 6.41. The van der Waals surface area contributed by atoms with Crippen LogP contribution in [0, 0.1) is 5.82 Å². The fourth-order valence-corrected chi connectivity index (χ4v) is 3.39. The molecule has 0 aliphatic carbocycles. The van der Waals surface area contributed by atoms with E-state index >= 15 is 0 Å². The lowest BCUT2D eigenvalue weighted by Crippen LogP contribution is -2.26. The van der Waals surface area contributed by atoms with Gasteiger partial charge >= 0.3 is 0 Å². The van der Waals surface area contributed by atoms with Crippen molar-refractivity contribution in [1.29, 1.82) is 0 Å². The summed E-state index contributed by atoms with van der Waals surface area (Å²) >= 11 is 0. The summed E-state index contributed by atoms with van der Waals surface area (Å²) in [5.41, 5.74) is 2.74. The first-order chi connectivity index (χ1) is 16.6. The third-order valence-electron chi connectivity index (χ3n) is 5.19. The molecule has 1 heterocycles. The number of carbonyl (C=O) groups is 2. The normalized spacial score (nSPS) is 10.7. The number of hydrogen-bond acceptors (Lipinski definition) is 4. The Kier molecular flexibility index (Phi) is 7.49. The molecule has 34 heavy (non-hydrogen) atoms. The average molecular weight is 461 g/mol. The van der Waals surface area contributed by atoms with Gasteiger partial charge in [0.05, 0.1) is 24.1 Å². The van der Waals surface area contributed by atoms with Crippen molar-refractivity contribution >= 4 is 22.8 Å². The number of hydrogen-bond donors (Lipinski definition) is 3. The zero-order valence-electron chi connectivity index (χ0n) is 18.5. The van der Waals surface area contributed by atoms with Crippen LogP contribution in [-0.4, -0.2) is 34.9 Å². The number of imidazole rings is 1. The highest BCUT2D eigenvalue weighted by molar-refractivity contribution is 5.94. The Morgan fingerprint density at radius 2 is 1.76 bits per heavy atom. The highest BCUT2D eigenvalue weighted by Crippen LogP contribution is 2.13. The van der Waals surface area contributed by atoms with Crippen molar-refractivity contribution in [3.63, 3.8) is 0 Å². The number of para-hydroxylation sites is 1.